The summed E-state index contributed by atoms with van der Waals surface area (Å²) in [4.78, 5) is 4.36. The lowest BCUT2D eigenvalue weighted by atomic mass is 9.65. The van der Waals surface area contributed by atoms with Crippen LogP contribution in [0, 0.1) is 10.8 Å². The van der Waals surface area contributed by atoms with Crippen molar-refractivity contribution in [3.63, 3.8) is 0 Å². The summed E-state index contributed by atoms with van der Waals surface area (Å²) < 4.78 is 28.8. The van der Waals surface area contributed by atoms with Crippen LogP contribution in [0.15, 0.2) is 24.4 Å². The van der Waals surface area contributed by atoms with Crippen molar-refractivity contribution in [3.05, 3.63) is 35.7 Å². The molecule has 0 spiro atoms. The predicted molar refractivity (Wildman–Crippen MR) is 83.4 cm³/mol. The maximum Gasteiger partial charge on any atom is 0.272 e. The maximum absolute atomic E-state index is 14.4. The van der Waals surface area contributed by atoms with Crippen molar-refractivity contribution in [1.29, 1.82) is 0 Å². The molecule has 0 bridgehead atoms. The quantitative estimate of drug-likeness (QED) is 0.669. The number of rotatable bonds is 1. The highest BCUT2D eigenvalue weighted by molar-refractivity contribution is 5.73. The summed E-state index contributed by atoms with van der Waals surface area (Å²) in [5, 5.41) is 0. The minimum absolute atomic E-state index is 0.0287. The Bertz CT molecular complexity index is 589. The van der Waals surface area contributed by atoms with Gasteiger partial charge >= 0.3 is 0 Å². The average molecular weight is 293 g/mol. The van der Waals surface area contributed by atoms with Crippen molar-refractivity contribution in [1.82, 2.24) is 4.98 Å². The number of hydrogen-bond acceptors (Lipinski definition) is 1. The molecule has 0 saturated heterocycles. The summed E-state index contributed by atoms with van der Waals surface area (Å²) >= 11 is 0. The topological polar surface area (TPSA) is 12.9 Å². The van der Waals surface area contributed by atoms with E-state index in [0.29, 0.717) is 11.3 Å². The first-order valence-electron chi connectivity index (χ1n) is 7.39. The van der Waals surface area contributed by atoms with E-state index in [9.17, 15) is 8.78 Å². The average Bonchev–Trinajstić information content (AvgIpc) is 2.46. The molecule has 0 aliphatic heterocycles. The second-order valence-electron chi connectivity index (χ2n) is 8.11. The summed E-state index contributed by atoms with van der Waals surface area (Å²) in [6, 6.07) is 3.90. The number of alkyl halides is 2. The number of pyridine rings is 1. The van der Waals surface area contributed by atoms with Crippen LogP contribution < -0.4 is 0 Å². The molecule has 1 heterocycles. The fourth-order valence-electron chi connectivity index (χ4n) is 2.73. The van der Waals surface area contributed by atoms with Crippen molar-refractivity contribution in [2.75, 3.05) is 0 Å². The van der Waals surface area contributed by atoms with E-state index < -0.39 is 16.8 Å². The van der Waals surface area contributed by atoms with Crippen molar-refractivity contribution in [2.24, 2.45) is 10.8 Å². The third-order valence-corrected chi connectivity index (χ3v) is 5.30. The van der Waals surface area contributed by atoms with Crippen LogP contribution in [0.25, 0.3) is 5.57 Å². The van der Waals surface area contributed by atoms with E-state index in [2.05, 4.69) is 25.8 Å². The Balaban J connectivity index is 2.58. The van der Waals surface area contributed by atoms with Crippen molar-refractivity contribution in [3.8, 4) is 0 Å². The van der Waals surface area contributed by atoms with E-state index in [0.717, 1.165) is 11.6 Å². The van der Waals surface area contributed by atoms with Crippen LogP contribution in [0.1, 0.15) is 59.7 Å². The molecule has 2 rings (SSSR count). The lowest BCUT2D eigenvalue weighted by molar-refractivity contribution is -0.0885. The Kier molecular flexibility index (Phi) is 3.36. The van der Waals surface area contributed by atoms with Gasteiger partial charge in [-0.05, 0) is 34.8 Å². The first-order chi connectivity index (χ1) is 9.31. The van der Waals surface area contributed by atoms with Crippen LogP contribution >= 0.6 is 0 Å². The SMILES string of the molecule is CC(C)(C)c1ccnc(C2=CC(F)(F)C(C)(C)C2(C)C)c1. The molecule has 1 aliphatic rings. The second-order valence-corrected chi connectivity index (χ2v) is 8.11. The van der Waals surface area contributed by atoms with Gasteiger partial charge in [0.05, 0.1) is 5.69 Å². The van der Waals surface area contributed by atoms with Gasteiger partial charge in [-0.25, -0.2) is 8.78 Å². The molecule has 0 fully saturated rings. The molecule has 21 heavy (non-hydrogen) atoms. The van der Waals surface area contributed by atoms with E-state index in [1.807, 2.05) is 26.0 Å². The molecule has 0 saturated carbocycles. The van der Waals surface area contributed by atoms with E-state index >= 15 is 0 Å². The largest absolute Gasteiger partial charge is 0.272 e. The van der Waals surface area contributed by atoms with E-state index in [4.69, 9.17) is 0 Å². The summed E-state index contributed by atoms with van der Waals surface area (Å²) in [6.07, 6.45) is 2.83. The third kappa shape index (κ3) is 2.31. The Hall–Kier alpha value is -1.25. The number of allylic oxidation sites excluding steroid dienone is 2. The number of nitrogens with zero attached hydrogens (tertiary/aromatic N) is 1. The molecule has 0 N–H and O–H groups in total. The van der Waals surface area contributed by atoms with Gasteiger partial charge in [0, 0.05) is 17.0 Å². The molecule has 0 unspecified atom stereocenters. The monoisotopic (exact) mass is 293 g/mol. The number of halogens is 2. The van der Waals surface area contributed by atoms with Crippen molar-refractivity contribution < 1.29 is 8.78 Å². The van der Waals surface area contributed by atoms with Gasteiger partial charge < -0.3 is 0 Å². The van der Waals surface area contributed by atoms with E-state index in [-0.39, 0.29) is 5.41 Å². The number of hydrogen-bond donors (Lipinski definition) is 0. The van der Waals surface area contributed by atoms with Crippen LogP contribution in [0.3, 0.4) is 0 Å². The summed E-state index contributed by atoms with van der Waals surface area (Å²) in [5.74, 6) is -2.83. The molecule has 1 nitrogen and oxygen atoms in total. The van der Waals surface area contributed by atoms with Crippen LogP contribution in [-0.4, -0.2) is 10.9 Å². The second kappa shape index (κ2) is 4.37. The predicted octanol–water partition coefficient (Wildman–Crippen LogP) is 5.46. The van der Waals surface area contributed by atoms with Crippen LogP contribution in [0.5, 0.6) is 0 Å². The summed E-state index contributed by atoms with van der Waals surface area (Å²) in [7, 11) is 0. The zero-order valence-corrected chi connectivity index (χ0v) is 14.0. The number of aromatic nitrogens is 1. The van der Waals surface area contributed by atoms with Gasteiger partial charge in [-0.1, -0.05) is 48.5 Å². The minimum atomic E-state index is -2.83. The van der Waals surface area contributed by atoms with Gasteiger partial charge in [0.2, 0.25) is 0 Å². The maximum atomic E-state index is 14.4. The summed E-state index contributed by atoms with van der Waals surface area (Å²) in [6.45, 7) is 13.3. The highest BCUT2D eigenvalue weighted by atomic mass is 19.3. The molecule has 1 aromatic heterocycles. The third-order valence-electron chi connectivity index (χ3n) is 5.30. The highest BCUT2D eigenvalue weighted by Gasteiger charge is 2.61. The highest BCUT2D eigenvalue weighted by Crippen LogP contribution is 2.62. The van der Waals surface area contributed by atoms with Gasteiger partial charge in [0.25, 0.3) is 5.92 Å². The molecule has 0 atom stereocenters. The molecule has 1 aliphatic carbocycles. The van der Waals surface area contributed by atoms with Gasteiger partial charge in [-0.15, -0.1) is 0 Å². The van der Waals surface area contributed by atoms with Gasteiger partial charge in [0.15, 0.2) is 0 Å². The van der Waals surface area contributed by atoms with Crippen LogP contribution in [0.4, 0.5) is 8.78 Å². The first-order valence-corrected chi connectivity index (χ1v) is 7.39. The van der Waals surface area contributed by atoms with Gasteiger partial charge in [-0.2, -0.15) is 0 Å². The Morgan fingerprint density at radius 3 is 2.05 bits per heavy atom. The molecule has 0 amide bonds. The molecular formula is C18H25F2N. The van der Waals surface area contributed by atoms with Crippen LogP contribution in [0.2, 0.25) is 0 Å². The fraction of sp³-hybridized carbons (Fsp3) is 0.611. The van der Waals surface area contributed by atoms with Crippen molar-refractivity contribution >= 4 is 5.57 Å². The zero-order chi connectivity index (χ0) is 16.3. The Morgan fingerprint density at radius 2 is 1.62 bits per heavy atom. The molecule has 0 aromatic carbocycles. The fourth-order valence-corrected chi connectivity index (χ4v) is 2.73. The smallest absolute Gasteiger partial charge is 0.257 e. The zero-order valence-electron chi connectivity index (χ0n) is 14.0. The van der Waals surface area contributed by atoms with E-state index in [1.54, 1.807) is 20.0 Å². The van der Waals surface area contributed by atoms with Gasteiger partial charge in [0.1, 0.15) is 0 Å². The molecule has 116 valence electrons. The van der Waals surface area contributed by atoms with Gasteiger partial charge in [-0.3, -0.25) is 4.98 Å². The lowest BCUT2D eigenvalue weighted by Gasteiger charge is -2.40. The molecule has 3 heteroatoms. The lowest BCUT2D eigenvalue weighted by Crippen LogP contribution is -2.41. The normalized spacial score (nSPS) is 23.0. The standard InChI is InChI=1S/C18H25F2N/c1-15(2,3)12-8-9-21-14(10-12)13-11-18(19,20)17(6,7)16(13,4)5/h8-11H,1-7H3. The van der Waals surface area contributed by atoms with E-state index in [1.165, 1.54) is 0 Å². The molecule has 1 aromatic rings. The van der Waals surface area contributed by atoms with Crippen molar-refractivity contribution in [2.45, 2.75) is 59.8 Å². The van der Waals surface area contributed by atoms with Crippen LogP contribution in [-0.2, 0) is 5.41 Å². The molecular weight excluding hydrogens is 268 g/mol. The molecule has 0 radical (unpaired) electrons. The Labute approximate surface area is 126 Å². The first kappa shape index (κ1) is 16.1. The minimum Gasteiger partial charge on any atom is -0.257 e. The Morgan fingerprint density at radius 1 is 1.05 bits per heavy atom. The summed E-state index contributed by atoms with van der Waals surface area (Å²) in [5.41, 5.74) is 0.617.